The van der Waals surface area contributed by atoms with Crippen LogP contribution in [-0.4, -0.2) is 11.4 Å². The summed E-state index contributed by atoms with van der Waals surface area (Å²) in [4.78, 5) is 11.7. The van der Waals surface area contributed by atoms with Crippen LogP contribution in [0.2, 0.25) is 10.0 Å². The molecule has 1 amide bonds. The number of carbonyl (C=O) groups is 1. The van der Waals surface area contributed by atoms with Crippen LogP contribution < -0.4 is 5.32 Å². The molecule has 0 unspecified atom stereocenters. The summed E-state index contributed by atoms with van der Waals surface area (Å²) in [5.74, 6) is -0.538. The lowest BCUT2D eigenvalue weighted by molar-refractivity contribution is -0.126. The van der Waals surface area contributed by atoms with Gasteiger partial charge in [0.15, 0.2) is 0 Å². The van der Waals surface area contributed by atoms with Crippen LogP contribution in [0.1, 0.15) is 50.0 Å². The Bertz CT molecular complexity index is 812. The molecule has 0 saturated carbocycles. The van der Waals surface area contributed by atoms with Crippen molar-refractivity contribution in [3.63, 3.8) is 0 Å². The monoisotopic (exact) mass is 395 g/mol. The fourth-order valence-electron chi connectivity index (χ4n) is 3.54. The Morgan fingerprint density at radius 3 is 2.35 bits per heavy atom. The Labute approximate surface area is 162 Å². The molecule has 1 heterocycles. The quantitative estimate of drug-likeness (QED) is 0.731. The summed E-state index contributed by atoms with van der Waals surface area (Å²) < 4.78 is 20.7. The molecule has 2 aromatic rings. The van der Waals surface area contributed by atoms with Gasteiger partial charge in [0.1, 0.15) is 5.82 Å². The summed E-state index contributed by atoms with van der Waals surface area (Å²) in [6, 6.07) is 11.9. The summed E-state index contributed by atoms with van der Waals surface area (Å²) >= 11 is 11.8. The van der Waals surface area contributed by atoms with Crippen LogP contribution in [0.3, 0.4) is 0 Å². The average molecular weight is 396 g/mol. The van der Waals surface area contributed by atoms with Crippen LogP contribution in [0.5, 0.6) is 0 Å². The van der Waals surface area contributed by atoms with Gasteiger partial charge in [0.2, 0.25) is 5.91 Å². The van der Waals surface area contributed by atoms with E-state index in [1.807, 2.05) is 19.1 Å². The highest BCUT2D eigenvalue weighted by Gasteiger charge is 2.40. The molecule has 26 heavy (non-hydrogen) atoms. The Balaban J connectivity index is 1.96. The summed E-state index contributed by atoms with van der Waals surface area (Å²) in [7, 11) is 0. The maximum Gasteiger partial charge on any atom is 0.217 e. The normalized spacial score (nSPS) is 25.7. The molecular formula is C20H20Cl2FNO2. The summed E-state index contributed by atoms with van der Waals surface area (Å²) in [5, 5.41) is 3.97. The van der Waals surface area contributed by atoms with Gasteiger partial charge in [-0.05, 0) is 36.8 Å². The first kappa shape index (κ1) is 19.2. The van der Waals surface area contributed by atoms with E-state index in [1.165, 1.54) is 13.0 Å². The fraction of sp³-hybridized carbons (Fsp3) is 0.350. The second kappa shape index (κ2) is 7.55. The predicted octanol–water partition coefficient (Wildman–Crippen LogP) is 5.62. The minimum Gasteiger partial charge on any atom is -0.365 e. The number of carbonyl (C=O) groups excluding carboxylic acids is 1. The van der Waals surface area contributed by atoms with Gasteiger partial charge < -0.3 is 10.1 Å². The van der Waals surface area contributed by atoms with E-state index in [-0.39, 0.29) is 12.0 Å². The van der Waals surface area contributed by atoms with Crippen molar-refractivity contribution in [2.75, 3.05) is 0 Å². The molecule has 3 atom stereocenters. The van der Waals surface area contributed by atoms with Gasteiger partial charge in [0.25, 0.3) is 0 Å². The lowest BCUT2D eigenvalue weighted by Gasteiger charge is -2.43. The van der Waals surface area contributed by atoms with Crippen LogP contribution in [-0.2, 0) is 9.53 Å². The molecule has 3 nitrogen and oxygen atoms in total. The van der Waals surface area contributed by atoms with Gasteiger partial charge in [-0.1, -0.05) is 41.4 Å². The van der Waals surface area contributed by atoms with Crippen molar-refractivity contribution in [2.45, 2.75) is 44.4 Å². The molecule has 1 fully saturated rings. The third-order valence-corrected chi connectivity index (χ3v) is 5.12. The van der Waals surface area contributed by atoms with Gasteiger partial charge in [-0.15, -0.1) is 0 Å². The molecule has 1 N–H and O–H groups in total. The fourth-order valence-corrected chi connectivity index (χ4v) is 3.83. The smallest absolute Gasteiger partial charge is 0.217 e. The van der Waals surface area contributed by atoms with Crippen molar-refractivity contribution in [3.05, 3.63) is 69.5 Å². The topological polar surface area (TPSA) is 38.3 Å². The zero-order valence-electron chi connectivity index (χ0n) is 14.6. The molecule has 1 aliphatic rings. The number of benzene rings is 2. The Morgan fingerprint density at radius 2 is 1.73 bits per heavy atom. The lowest BCUT2D eigenvalue weighted by Crippen LogP contribution is -2.50. The van der Waals surface area contributed by atoms with Crippen molar-refractivity contribution in [1.29, 1.82) is 0 Å². The third kappa shape index (κ3) is 4.37. The van der Waals surface area contributed by atoms with Gasteiger partial charge in [-0.3, -0.25) is 4.79 Å². The van der Waals surface area contributed by atoms with E-state index in [0.717, 1.165) is 5.56 Å². The van der Waals surface area contributed by atoms with Crippen molar-refractivity contribution < 1.29 is 13.9 Å². The van der Waals surface area contributed by atoms with E-state index in [4.69, 9.17) is 27.9 Å². The van der Waals surface area contributed by atoms with E-state index >= 15 is 0 Å². The highest BCUT2D eigenvalue weighted by Crippen LogP contribution is 2.44. The third-order valence-electron chi connectivity index (χ3n) is 4.63. The molecule has 138 valence electrons. The molecule has 1 aliphatic heterocycles. The van der Waals surface area contributed by atoms with E-state index in [0.29, 0.717) is 28.5 Å². The molecule has 0 spiro atoms. The van der Waals surface area contributed by atoms with Crippen LogP contribution in [0.25, 0.3) is 0 Å². The van der Waals surface area contributed by atoms with E-state index in [2.05, 4.69) is 5.32 Å². The maximum atomic E-state index is 14.5. The zero-order chi connectivity index (χ0) is 18.9. The van der Waals surface area contributed by atoms with E-state index < -0.39 is 17.5 Å². The predicted molar refractivity (Wildman–Crippen MR) is 101 cm³/mol. The zero-order valence-corrected chi connectivity index (χ0v) is 16.1. The SMILES string of the molecule is CC(=O)N[C@@]1(C)C[C@@H](c2ccc(Cl)cc2)O[C@@H](c2ccc(Cl)cc2F)C1. The number of nitrogens with one attached hydrogen (secondary N) is 1. The second-order valence-electron chi connectivity index (χ2n) is 6.98. The Morgan fingerprint density at radius 1 is 1.12 bits per heavy atom. The largest absolute Gasteiger partial charge is 0.365 e. The molecule has 3 rings (SSSR count). The van der Waals surface area contributed by atoms with Crippen molar-refractivity contribution in [2.24, 2.45) is 0 Å². The number of hydrogen-bond donors (Lipinski definition) is 1. The van der Waals surface area contributed by atoms with Gasteiger partial charge in [-0.2, -0.15) is 0 Å². The first-order valence-electron chi connectivity index (χ1n) is 8.40. The Hall–Kier alpha value is -1.62. The summed E-state index contributed by atoms with van der Waals surface area (Å²) in [6.07, 6.45) is 0.256. The summed E-state index contributed by atoms with van der Waals surface area (Å²) in [6.45, 7) is 3.44. The molecule has 0 aliphatic carbocycles. The average Bonchev–Trinajstić information content (AvgIpc) is 2.53. The molecular weight excluding hydrogens is 376 g/mol. The van der Waals surface area contributed by atoms with E-state index in [9.17, 15) is 9.18 Å². The minimum absolute atomic E-state index is 0.125. The van der Waals surface area contributed by atoms with Crippen LogP contribution >= 0.6 is 23.2 Å². The molecule has 6 heteroatoms. The lowest BCUT2D eigenvalue weighted by atomic mass is 9.81. The highest BCUT2D eigenvalue weighted by molar-refractivity contribution is 6.30. The first-order valence-corrected chi connectivity index (χ1v) is 9.16. The Kier molecular flexibility index (Phi) is 5.56. The number of rotatable bonds is 3. The van der Waals surface area contributed by atoms with Crippen molar-refractivity contribution in [3.8, 4) is 0 Å². The van der Waals surface area contributed by atoms with Gasteiger partial charge in [-0.25, -0.2) is 4.39 Å². The second-order valence-corrected chi connectivity index (χ2v) is 7.85. The van der Waals surface area contributed by atoms with Gasteiger partial charge >= 0.3 is 0 Å². The maximum absolute atomic E-state index is 14.5. The molecule has 0 bridgehead atoms. The van der Waals surface area contributed by atoms with Crippen LogP contribution in [0.4, 0.5) is 4.39 Å². The van der Waals surface area contributed by atoms with E-state index in [1.54, 1.807) is 24.3 Å². The number of halogens is 3. The molecule has 2 aromatic carbocycles. The minimum atomic E-state index is -0.523. The number of hydrogen-bond acceptors (Lipinski definition) is 2. The summed E-state index contributed by atoms with van der Waals surface area (Å²) in [5.41, 5.74) is 0.847. The van der Waals surface area contributed by atoms with Crippen LogP contribution in [0.15, 0.2) is 42.5 Å². The highest BCUT2D eigenvalue weighted by atomic mass is 35.5. The molecule has 0 aromatic heterocycles. The number of ether oxygens (including phenoxy) is 1. The van der Waals surface area contributed by atoms with Crippen molar-refractivity contribution >= 4 is 29.1 Å². The van der Waals surface area contributed by atoms with Crippen molar-refractivity contribution in [1.82, 2.24) is 5.32 Å². The first-order chi connectivity index (χ1) is 12.3. The molecule has 1 saturated heterocycles. The molecule has 0 radical (unpaired) electrons. The van der Waals surface area contributed by atoms with Crippen LogP contribution in [0, 0.1) is 5.82 Å². The number of amides is 1. The van der Waals surface area contributed by atoms with Gasteiger partial charge in [0, 0.05) is 40.9 Å². The van der Waals surface area contributed by atoms with Gasteiger partial charge in [0.05, 0.1) is 12.2 Å². The standard InChI is InChI=1S/C20H20Cl2FNO2/c1-12(25)24-20(2)10-18(13-3-5-14(21)6-4-13)26-19(11-20)16-8-7-15(22)9-17(16)23/h3-9,18-19H,10-11H2,1-2H3,(H,24,25)/t18-,19+,20-/m0/s1.